The Balaban J connectivity index is 1.38. The quantitative estimate of drug-likeness (QED) is 0.768. The summed E-state index contributed by atoms with van der Waals surface area (Å²) in [7, 11) is 0. The van der Waals surface area contributed by atoms with Crippen LogP contribution in [0.1, 0.15) is 64.2 Å². The molecule has 0 aromatic rings. The van der Waals surface area contributed by atoms with Crippen LogP contribution < -0.4 is 0 Å². The molecule has 0 saturated carbocycles. The number of hydrogen-bond donors (Lipinski definition) is 0. The molecule has 19 heavy (non-hydrogen) atoms. The molecule has 0 radical (unpaired) electrons. The van der Waals surface area contributed by atoms with Gasteiger partial charge in [0.15, 0.2) is 0 Å². The summed E-state index contributed by atoms with van der Waals surface area (Å²) in [5.74, 6) is 0. The maximum Gasteiger partial charge on any atom is 0.0842 e. The molecular formula is C16H26O3. The first-order valence-corrected chi connectivity index (χ1v) is 8.35. The normalized spacial score (nSPS) is 49.9. The molecule has 4 aliphatic heterocycles. The van der Waals surface area contributed by atoms with E-state index in [2.05, 4.69) is 0 Å². The molecule has 0 aliphatic carbocycles. The standard InChI is InChI=1S/C16H26O3/c1-3-11-7-9-15(13(5-1)17-11)19-16-10-8-12-4-2-6-14(16)18-12/h11-16H,1-10H2. The first-order chi connectivity index (χ1) is 9.38. The molecule has 108 valence electrons. The Bertz CT molecular complexity index is 289. The van der Waals surface area contributed by atoms with Crippen LogP contribution in [0, 0.1) is 0 Å². The summed E-state index contributed by atoms with van der Waals surface area (Å²) in [5.41, 5.74) is 0. The van der Waals surface area contributed by atoms with Crippen molar-refractivity contribution in [2.24, 2.45) is 0 Å². The Morgan fingerprint density at radius 1 is 0.579 bits per heavy atom. The molecule has 4 fully saturated rings. The summed E-state index contributed by atoms with van der Waals surface area (Å²) in [5, 5.41) is 0. The van der Waals surface area contributed by atoms with Crippen LogP contribution in [-0.4, -0.2) is 36.6 Å². The first-order valence-electron chi connectivity index (χ1n) is 8.35. The molecule has 6 unspecified atom stereocenters. The van der Waals surface area contributed by atoms with Crippen molar-refractivity contribution in [3.8, 4) is 0 Å². The van der Waals surface area contributed by atoms with Gasteiger partial charge in [0.05, 0.1) is 36.6 Å². The van der Waals surface area contributed by atoms with E-state index in [9.17, 15) is 0 Å². The Kier molecular flexibility index (Phi) is 3.55. The van der Waals surface area contributed by atoms with Crippen LogP contribution in [0.2, 0.25) is 0 Å². The molecule has 4 bridgehead atoms. The molecule has 0 N–H and O–H groups in total. The summed E-state index contributed by atoms with van der Waals surface area (Å²) in [6.45, 7) is 0. The Hall–Kier alpha value is -0.120. The van der Waals surface area contributed by atoms with Gasteiger partial charge in [-0.2, -0.15) is 0 Å². The van der Waals surface area contributed by atoms with E-state index in [1.165, 1.54) is 64.2 Å². The van der Waals surface area contributed by atoms with Crippen molar-refractivity contribution in [3.05, 3.63) is 0 Å². The van der Waals surface area contributed by atoms with E-state index >= 15 is 0 Å². The topological polar surface area (TPSA) is 27.7 Å². The van der Waals surface area contributed by atoms with Crippen molar-refractivity contribution < 1.29 is 14.2 Å². The number of rotatable bonds is 2. The monoisotopic (exact) mass is 266 g/mol. The van der Waals surface area contributed by atoms with Gasteiger partial charge in [0.25, 0.3) is 0 Å². The average Bonchev–Trinajstić information content (AvgIpc) is 2.45. The fraction of sp³-hybridized carbons (Fsp3) is 1.00. The van der Waals surface area contributed by atoms with Gasteiger partial charge in [0.2, 0.25) is 0 Å². The fourth-order valence-electron chi connectivity index (χ4n) is 4.44. The van der Waals surface area contributed by atoms with Gasteiger partial charge in [-0.15, -0.1) is 0 Å². The minimum absolute atomic E-state index is 0.337. The van der Waals surface area contributed by atoms with Gasteiger partial charge in [0.1, 0.15) is 0 Å². The van der Waals surface area contributed by atoms with Gasteiger partial charge in [-0.1, -0.05) is 0 Å². The maximum atomic E-state index is 6.45. The van der Waals surface area contributed by atoms with Gasteiger partial charge in [-0.3, -0.25) is 0 Å². The molecule has 4 saturated heterocycles. The number of fused-ring (bicyclic) bond motifs is 4. The van der Waals surface area contributed by atoms with Gasteiger partial charge >= 0.3 is 0 Å². The van der Waals surface area contributed by atoms with Crippen LogP contribution in [0.3, 0.4) is 0 Å². The van der Waals surface area contributed by atoms with Crippen LogP contribution in [0.15, 0.2) is 0 Å². The largest absolute Gasteiger partial charge is 0.372 e. The predicted octanol–water partition coefficient (Wildman–Crippen LogP) is 3.20. The fourth-order valence-corrected chi connectivity index (χ4v) is 4.44. The van der Waals surface area contributed by atoms with Crippen LogP contribution in [-0.2, 0) is 14.2 Å². The molecule has 0 spiro atoms. The van der Waals surface area contributed by atoms with E-state index in [0.717, 1.165) is 0 Å². The van der Waals surface area contributed by atoms with Gasteiger partial charge < -0.3 is 14.2 Å². The SMILES string of the molecule is C1CC2CCC(OC3CCC4CCCC3O4)C(C1)O2. The molecule has 0 amide bonds. The van der Waals surface area contributed by atoms with Gasteiger partial charge in [-0.05, 0) is 64.2 Å². The molecule has 4 heterocycles. The molecule has 4 rings (SSSR count). The van der Waals surface area contributed by atoms with Crippen molar-refractivity contribution in [2.75, 3.05) is 0 Å². The van der Waals surface area contributed by atoms with Crippen molar-refractivity contribution in [2.45, 2.75) is 101 Å². The van der Waals surface area contributed by atoms with Crippen molar-refractivity contribution in [1.29, 1.82) is 0 Å². The smallest absolute Gasteiger partial charge is 0.0842 e. The van der Waals surface area contributed by atoms with Crippen LogP contribution >= 0.6 is 0 Å². The minimum atomic E-state index is 0.337. The summed E-state index contributed by atoms with van der Waals surface area (Å²) >= 11 is 0. The summed E-state index contributed by atoms with van der Waals surface area (Å²) < 4.78 is 18.7. The molecule has 3 nitrogen and oxygen atoms in total. The third-order valence-corrected chi connectivity index (χ3v) is 5.49. The van der Waals surface area contributed by atoms with Crippen molar-refractivity contribution in [1.82, 2.24) is 0 Å². The Morgan fingerprint density at radius 3 is 1.63 bits per heavy atom. The van der Waals surface area contributed by atoms with E-state index in [1.807, 2.05) is 0 Å². The van der Waals surface area contributed by atoms with Crippen molar-refractivity contribution in [3.63, 3.8) is 0 Å². The molecule has 0 aromatic heterocycles. The zero-order valence-electron chi connectivity index (χ0n) is 11.8. The molecule has 4 aliphatic rings. The lowest BCUT2D eigenvalue weighted by Gasteiger charge is -2.45. The Labute approximate surface area is 116 Å². The number of ether oxygens (including phenoxy) is 3. The second-order valence-electron chi connectivity index (χ2n) is 6.82. The van der Waals surface area contributed by atoms with Crippen LogP contribution in [0.25, 0.3) is 0 Å². The second-order valence-corrected chi connectivity index (χ2v) is 6.82. The van der Waals surface area contributed by atoms with Crippen molar-refractivity contribution >= 4 is 0 Å². The van der Waals surface area contributed by atoms with Crippen LogP contribution in [0.5, 0.6) is 0 Å². The minimum Gasteiger partial charge on any atom is -0.372 e. The summed E-state index contributed by atoms with van der Waals surface area (Å²) in [6.07, 6.45) is 14.8. The zero-order valence-corrected chi connectivity index (χ0v) is 11.8. The molecule has 0 aromatic carbocycles. The lowest BCUT2D eigenvalue weighted by Crippen LogP contribution is -2.49. The maximum absolute atomic E-state index is 6.45. The third-order valence-electron chi connectivity index (χ3n) is 5.49. The van der Waals surface area contributed by atoms with Gasteiger partial charge in [-0.25, -0.2) is 0 Å². The van der Waals surface area contributed by atoms with Crippen LogP contribution in [0.4, 0.5) is 0 Å². The second kappa shape index (κ2) is 5.34. The molecular weight excluding hydrogens is 240 g/mol. The van der Waals surface area contributed by atoms with E-state index < -0.39 is 0 Å². The first kappa shape index (κ1) is 12.6. The van der Waals surface area contributed by atoms with E-state index in [-0.39, 0.29) is 0 Å². The third kappa shape index (κ3) is 2.57. The van der Waals surface area contributed by atoms with Gasteiger partial charge in [0, 0.05) is 0 Å². The lowest BCUT2D eigenvalue weighted by atomic mass is 9.87. The highest BCUT2D eigenvalue weighted by Crippen LogP contribution is 2.37. The van der Waals surface area contributed by atoms with E-state index in [4.69, 9.17) is 14.2 Å². The highest BCUT2D eigenvalue weighted by atomic mass is 16.6. The number of hydrogen-bond acceptors (Lipinski definition) is 3. The molecule has 3 heteroatoms. The highest BCUT2D eigenvalue weighted by molar-refractivity contribution is 4.89. The lowest BCUT2D eigenvalue weighted by molar-refractivity contribution is -0.220. The average molecular weight is 266 g/mol. The predicted molar refractivity (Wildman–Crippen MR) is 72.2 cm³/mol. The Morgan fingerprint density at radius 2 is 1.11 bits per heavy atom. The van der Waals surface area contributed by atoms with E-state index in [0.29, 0.717) is 36.6 Å². The zero-order chi connectivity index (χ0) is 12.7. The summed E-state index contributed by atoms with van der Waals surface area (Å²) in [6, 6.07) is 0. The van der Waals surface area contributed by atoms with E-state index in [1.54, 1.807) is 0 Å². The highest BCUT2D eigenvalue weighted by Gasteiger charge is 2.40. The summed E-state index contributed by atoms with van der Waals surface area (Å²) in [4.78, 5) is 0. The molecule has 6 atom stereocenters.